The zero-order valence-corrected chi connectivity index (χ0v) is 10.8. The van der Waals surface area contributed by atoms with Gasteiger partial charge in [-0.25, -0.2) is 0 Å². The minimum Gasteiger partial charge on any atom is -0.395 e. The highest BCUT2D eigenvalue weighted by Crippen LogP contribution is 2.29. The molecule has 17 heavy (non-hydrogen) atoms. The van der Waals surface area contributed by atoms with E-state index in [-0.39, 0.29) is 18.6 Å². The maximum Gasteiger partial charge on any atom is 0.243 e. The van der Waals surface area contributed by atoms with Gasteiger partial charge in [-0.15, -0.1) is 0 Å². The number of aliphatic hydroxyl groups is 1. The van der Waals surface area contributed by atoms with Crippen molar-refractivity contribution in [3.05, 3.63) is 0 Å². The van der Waals surface area contributed by atoms with Crippen LogP contribution in [0.4, 0.5) is 0 Å². The zero-order valence-electron chi connectivity index (χ0n) is 10.8. The van der Waals surface area contributed by atoms with Crippen LogP contribution in [0.1, 0.15) is 46.0 Å². The second-order valence-electron chi connectivity index (χ2n) is 4.96. The Balaban J connectivity index is 2.83. The molecule has 1 aliphatic rings. The van der Waals surface area contributed by atoms with Crippen molar-refractivity contribution in [3.63, 3.8) is 0 Å². The third-order valence-electron chi connectivity index (χ3n) is 3.79. The van der Waals surface area contributed by atoms with Crippen molar-refractivity contribution >= 4 is 5.91 Å². The van der Waals surface area contributed by atoms with Gasteiger partial charge in [-0.3, -0.25) is 4.79 Å². The molecule has 1 fully saturated rings. The van der Waals surface area contributed by atoms with Crippen LogP contribution in [-0.4, -0.2) is 35.1 Å². The van der Waals surface area contributed by atoms with Gasteiger partial charge in [-0.1, -0.05) is 19.8 Å². The number of carbonyl (C=O) groups excluding carboxylic acids is 1. The third-order valence-corrected chi connectivity index (χ3v) is 3.79. The molecule has 0 aromatic rings. The Morgan fingerprint density at radius 1 is 1.53 bits per heavy atom. The molecule has 4 nitrogen and oxygen atoms in total. The molecule has 0 aliphatic heterocycles. The topological polar surface area (TPSA) is 64.3 Å². The molecular weight excluding hydrogens is 216 g/mol. The average Bonchev–Trinajstić information content (AvgIpc) is 2.87. The summed E-state index contributed by atoms with van der Waals surface area (Å²) >= 11 is 0. The summed E-state index contributed by atoms with van der Waals surface area (Å²) in [7, 11) is 0. The van der Waals surface area contributed by atoms with Gasteiger partial charge < -0.3 is 10.0 Å². The molecule has 0 radical (unpaired) electrons. The third kappa shape index (κ3) is 2.98. The summed E-state index contributed by atoms with van der Waals surface area (Å²) in [5, 5.41) is 18.2. The first-order chi connectivity index (χ1) is 8.09. The van der Waals surface area contributed by atoms with E-state index in [1.165, 1.54) is 0 Å². The highest BCUT2D eigenvalue weighted by atomic mass is 16.3. The van der Waals surface area contributed by atoms with Gasteiger partial charge in [-0.2, -0.15) is 5.26 Å². The summed E-state index contributed by atoms with van der Waals surface area (Å²) in [5.41, 5.74) is -0.947. The Morgan fingerprint density at radius 2 is 2.12 bits per heavy atom. The minimum absolute atomic E-state index is 0.0343. The fourth-order valence-corrected chi connectivity index (χ4v) is 2.37. The lowest BCUT2D eigenvalue weighted by Crippen LogP contribution is -2.47. The predicted molar refractivity (Wildman–Crippen MR) is 65.1 cm³/mol. The van der Waals surface area contributed by atoms with Crippen molar-refractivity contribution in [3.8, 4) is 6.07 Å². The summed E-state index contributed by atoms with van der Waals surface area (Å²) in [6, 6.07) is 2.33. The molecule has 1 N–H and O–H groups in total. The number of aliphatic hydroxyl groups excluding tert-OH is 1. The van der Waals surface area contributed by atoms with Crippen LogP contribution in [0.5, 0.6) is 0 Å². The van der Waals surface area contributed by atoms with E-state index in [2.05, 4.69) is 6.07 Å². The average molecular weight is 238 g/mol. The second kappa shape index (κ2) is 6.02. The first-order valence-corrected chi connectivity index (χ1v) is 6.42. The van der Waals surface area contributed by atoms with Gasteiger partial charge in [0.25, 0.3) is 0 Å². The maximum absolute atomic E-state index is 12.4. The van der Waals surface area contributed by atoms with E-state index in [1.807, 2.05) is 6.92 Å². The van der Waals surface area contributed by atoms with Crippen LogP contribution in [0.25, 0.3) is 0 Å². The van der Waals surface area contributed by atoms with Crippen LogP contribution in [0.15, 0.2) is 0 Å². The molecule has 0 aromatic carbocycles. The molecule has 0 saturated heterocycles. The SMILES string of the molecule is CCC(C)(C#N)C(=O)N(CCO)C1CCCC1. The number of amides is 1. The molecule has 0 aromatic heterocycles. The molecule has 4 heteroatoms. The maximum atomic E-state index is 12.4. The number of rotatable bonds is 5. The Morgan fingerprint density at radius 3 is 2.53 bits per heavy atom. The number of nitriles is 1. The Labute approximate surface area is 103 Å². The lowest BCUT2D eigenvalue weighted by molar-refractivity contribution is -0.141. The minimum atomic E-state index is -0.947. The molecular formula is C13H22N2O2. The number of carbonyl (C=O) groups is 1. The van der Waals surface area contributed by atoms with Gasteiger partial charge in [0.15, 0.2) is 0 Å². The van der Waals surface area contributed by atoms with Crippen molar-refractivity contribution in [1.29, 1.82) is 5.26 Å². The second-order valence-corrected chi connectivity index (χ2v) is 4.96. The smallest absolute Gasteiger partial charge is 0.243 e. The Hall–Kier alpha value is -1.08. The summed E-state index contributed by atoms with van der Waals surface area (Å²) in [6.45, 7) is 3.86. The molecule has 0 heterocycles. The van der Waals surface area contributed by atoms with Crippen molar-refractivity contribution in [2.45, 2.75) is 52.0 Å². The summed E-state index contributed by atoms with van der Waals surface area (Å²) in [4.78, 5) is 14.1. The summed E-state index contributed by atoms with van der Waals surface area (Å²) in [5.74, 6) is -0.122. The van der Waals surface area contributed by atoms with Gasteiger partial charge in [0.1, 0.15) is 5.41 Å². The fraction of sp³-hybridized carbons (Fsp3) is 0.846. The van der Waals surface area contributed by atoms with Gasteiger partial charge in [0.2, 0.25) is 5.91 Å². The molecule has 1 atom stereocenters. The summed E-state index contributed by atoms with van der Waals surface area (Å²) < 4.78 is 0. The predicted octanol–water partition coefficient (Wildman–Crippen LogP) is 1.69. The van der Waals surface area contributed by atoms with Crippen molar-refractivity contribution in [2.75, 3.05) is 13.2 Å². The fourth-order valence-electron chi connectivity index (χ4n) is 2.37. The number of hydrogen-bond acceptors (Lipinski definition) is 3. The van der Waals surface area contributed by atoms with Crippen LogP contribution in [0, 0.1) is 16.7 Å². The standard InChI is InChI=1S/C13H22N2O2/c1-3-13(2,10-14)12(17)15(8-9-16)11-6-4-5-7-11/h11,16H,3-9H2,1-2H3. The van der Waals surface area contributed by atoms with Gasteiger partial charge >= 0.3 is 0 Å². The molecule has 1 amide bonds. The van der Waals surface area contributed by atoms with Gasteiger partial charge in [0.05, 0.1) is 12.7 Å². The van der Waals surface area contributed by atoms with Crippen molar-refractivity contribution < 1.29 is 9.90 Å². The van der Waals surface area contributed by atoms with Crippen LogP contribution >= 0.6 is 0 Å². The van der Waals surface area contributed by atoms with Crippen LogP contribution in [0.3, 0.4) is 0 Å². The highest BCUT2D eigenvalue weighted by molar-refractivity contribution is 5.85. The molecule has 0 spiro atoms. The normalized spacial score (nSPS) is 19.6. The number of hydrogen-bond donors (Lipinski definition) is 1. The molecule has 0 bridgehead atoms. The van der Waals surface area contributed by atoms with Crippen molar-refractivity contribution in [1.82, 2.24) is 4.90 Å². The molecule has 1 unspecified atom stereocenters. The highest BCUT2D eigenvalue weighted by Gasteiger charge is 2.38. The van der Waals surface area contributed by atoms with E-state index in [9.17, 15) is 4.79 Å². The summed E-state index contributed by atoms with van der Waals surface area (Å²) in [6.07, 6.45) is 4.77. The Bertz CT molecular complexity index is 305. The Kier molecular flexibility index (Phi) is 4.95. The van der Waals surface area contributed by atoms with Crippen LogP contribution < -0.4 is 0 Å². The first kappa shape index (κ1) is 14.0. The molecule has 1 aliphatic carbocycles. The van der Waals surface area contributed by atoms with E-state index >= 15 is 0 Å². The quantitative estimate of drug-likeness (QED) is 0.792. The van der Waals surface area contributed by atoms with E-state index in [0.29, 0.717) is 13.0 Å². The monoisotopic (exact) mass is 238 g/mol. The largest absolute Gasteiger partial charge is 0.395 e. The molecule has 1 saturated carbocycles. The van der Waals surface area contributed by atoms with E-state index in [0.717, 1.165) is 25.7 Å². The van der Waals surface area contributed by atoms with Gasteiger partial charge in [0, 0.05) is 12.6 Å². The number of nitrogens with zero attached hydrogens (tertiary/aromatic N) is 2. The van der Waals surface area contributed by atoms with Crippen LogP contribution in [-0.2, 0) is 4.79 Å². The molecule has 96 valence electrons. The van der Waals surface area contributed by atoms with Crippen LogP contribution in [0.2, 0.25) is 0 Å². The lowest BCUT2D eigenvalue weighted by atomic mass is 9.87. The van der Waals surface area contributed by atoms with E-state index in [1.54, 1.807) is 11.8 Å². The van der Waals surface area contributed by atoms with Gasteiger partial charge in [-0.05, 0) is 26.2 Å². The lowest BCUT2D eigenvalue weighted by Gasteiger charge is -2.33. The van der Waals surface area contributed by atoms with Crippen molar-refractivity contribution in [2.24, 2.45) is 5.41 Å². The molecule has 1 rings (SSSR count). The zero-order chi connectivity index (χ0) is 12.9. The van der Waals surface area contributed by atoms with E-state index < -0.39 is 5.41 Å². The first-order valence-electron chi connectivity index (χ1n) is 6.42. The van der Waals surface area contributed by atoms with E-state index in [4.69, 9.17) is 10.4 Å².